The largest absolute Gasteiger partial charge is 0.483 e. The third-order valence-electron chi connectivity index (χ3n) is 2.89. The lowest BCUT2D eigenvalue weighted by molar-refractivity contribution is 0.288. The molecule has 0 aliphatic carbocycles. The van der Waals surface area contributed by atoms with E-state index < -0.39 is 11.6 Å². The lowest BCUT2D eigenvalue weighted by Gasteiger charge is -2.07. The zero-order valence-electron chi connectivity index (χ0n) is 10.9. The van der Waals surface area contributed by atoms with E-state index in [-0.39, 0.29) is 17.9 Å². The number of benzene rings is 1. The average molecular weight is 327 g/mol. The fraction of sp³-hybridized carbons (Fsp3) is 0.143. The molecule has 0 fully saturated rings. The van der Waals surface area contributed by atoms with Gasteiger partial charge in [-0.05, 0) is 25.1 Å². The molecular weight excluding hydrogens is 318 g/mol. The van der Waals surface area contributed by atoms with Crippen molar-refractivity contribution in [2.24, 2.45) is 0 Å². The highest BCUT2D eigenvalue weighted by atomic mass is 35.5. The van der Waals surface area contributed by atoms with Crippen LogP contribution in [0.4, 0.5) is 8.78 Å². The number of hydrogen-bond donors (Lipinski definition) is 0. The fourth-order valence-electron chi connectivity index (χ4n) is 1.79. The summed E-state index contributed by atoms with van der Waals surface area (Å²) in [7, 11) is 0. The van der Waals surface area contributed by atoms with Crippen molar-refractivity contribution < 1.29 is 13.5 Å². The minimum Gasteiger partial charge on any atom is -0.483 e. The van der Waals surface area contributed by atoms with E-state index in [9.17, 15) is 8.78 Å². The Morgan fingerprint density at radius 3 is 2.95 bits per heavy atom. The SMILES string of the molecule is Cc1c(F)ccc(OCc2nc3cc(Cl)cnc3s2)c1F. The summed E-state index contributed by atoms with van der Waals surface area (Å²) in [5, 5.41) is 1.14. The maximum Gasteiger partial charge on any atom is 0.170 e. The maximum absolute atomic E-state index is 13.8. The van der Waals surface area contributed by atoms with Gasteiger partial charge in [0, 0.05) is 11.8 Å². The van der Waals surface area contributed by atoms with Crippen LogP contribution in [-0.2, 0) is 6.61 Å². The zero-order valence-corrected chi connectivity index (χ0v) is 12.4. The molecule has 0 bridgehead atoms. The first-order valence-electron chi connectivity index (χ1n) is 6.03. The number of ether oxygens (including phenoxy) is 1. The van der Waals surface area contributed by atoms with Crippen molar-refractivity contribution in [3.8, 4) is 5.75 Å². The molecule has 2 heterocycles. The molecule has 21 heavy (non-hydrogen) atoms. The summed E-state index contributed by atoms with van der Waals surface area (Å²) in [6, 6.07) is 4.14. The Bertz CT molecular complexity index is 822. The van der Waals surface area contributed by atoms with Crippen LogP contribution >= 0.6 is 22.9 Å². The molecular formula is C14H9ClF2N2OS. The van der Waals surface area contributed by atoms with Gasteiger partial charge in [0.05, 0.1) is 5.02 Å². The topological polar surface area (TPSA) is 35.0 Å². The summed E-state index contributed by atoms with van der Waals surface area (Å²) in [5.41, 5.74) is 0.604. The molecule has 3 aromatic rings. The normalized spacial score (nSPS) is 11.0. The number of thiazole rings is 1. The highest BCUT2D eigenvalue weighted by Crippen LogP contribution is 2.26. The van der Waals surface area contributed by atoms with Gasteiger partial charge in [0.1, 0.15) is 27.8 Å². The van der Waals surface area contributed by atoms with Crippen molar-refractivity contribution in [1.82, 2.24) is 9.97 Å². The van der Waals surface area contributed by atoms with E-state index in [4.69, 9.17) is 16.3 Å². The standard InChI is InChI=1S/C14H9ClF2N2OS/c1-7-9(16)2-3-11(13(7)17)20-6-12-19-10-4-8(15)5-18-14(10)21-12/h2-5H,6H2,1H3. The van der Waals surface area contributed by atoms with Crippen LogP contribution in [-0.4, -0.2) is 9.97 Å². The summed E-state index contributed by atoms with van der Waals surface area (Å²) in [5.74, 6) is -1.30. The van der Waals surface area contributed by atoms with E-state index in [0.717, 1.165) is 4.83 Å². The van der Waals surface area contributed by atoms with Crippen molar-refractivity contribution in [2.75, 3.05) is 0 Å². The molecule has 0 aliphatic heterocycles. The molecule has 0 atom stereocenters. The summed E-state index contributed by atoms with van der Waals surface area (Å²) >= 11 is 7.18. The average Bonchev–Trinajstić information content (AvgIpc) is 2.86. The molecule has 0 unspecified atom stereocenters. The van der Waals surface area contributed by atoms with Crippen LogP contribution in [0.1, 0.15) is 10.6 Å². The number of halogens is 3. The van der Waals surface area contributed by atoms with Gasteiger partial charge in [-0.2, -0.15) is 0 Å². The molecule has 2 aromatic heterocycles. The second kappa shape index (κ2) is 5.54. The minimum absolute atomic E-state index is 0.000789. The first kappa shape index (κ1) is 14.2. The molecule has 3 nitrogen and oxygen atoms in total. The Morgan fingerprint density at radius 1 is 1.33 bits per heavy atom. The van der Waals surface area contributed by atoms with E-state index in [2.05, 4.69) is 9.97 Å². The third-order valence-corrected chi connectivity index (χ3v) is 4.05. The predicted molar refractivity (Wildman–Crippen MR) is 77.9 cm³/mol. The Kier molecular flexibility index (Phi) is 3.73. The minimum atomic E-state index is -0.697. The highest BCUT2D eigenvalue weighted by Gasteiger charge is 2.12. The Morgan fingerprint density at radius 2 is 2.14 bits per heavy atom. The summed E-state index contributed by atoms with van der Waals surface area (Å²) < 4.78 is 32.3. The molecule has 0 saturated heterocycles. The molecule has 1 aromatic carbocycles. The molecule has 0 N–H and O–H groups in total. The van der Waals surface area contributed by atoms with Crippen LogP contribution in [0, 0.1) is 18.6 Å². The molecule has 3 rings (SSSR count). The van der Waals surface area contributed by atoms with E-state index in [0.29, 0.717) is 15.5 Å². The Hall–Kier alpha value is -1.79. The van der Waals surface area contributed by atoms with Crippen LogP contribution in [0.3, 0.4) is 0 Å². The van der Waals surface area contributed by atoms with Gasteiger partial charge in [0.25, 0.3) is 0 Å². The van der Waals surface area contributed by atoms with Gasteiger partial charge in [-0.25, -0.2) is 18.7 Å². The number of fused-ring (bicyclic) bond motifs is 1. The van der Waals surface area contributed by atoms with Crippen LogP contribution in [0.2, 0.25) is 5.02 Å². The van der Waals surface area contributed by atoms with Crippen LogP contribution in [0.5, 0.6) is 5.75 Å². The van der Waals surface area contributed by atoms with E-state index >= 15 is 0 Å². The number of hydrogen-bond acceptors (Lipinski definition) is 4. The summed E-state index contributed by atoms with van der Waals surface area (Å²) in [6.07, 6.45) is 1.54. The molecule has 0 amide bonds. The Labute approximate surface area is 128 Å². The molecule has 0 spiro atoms. The van der Waals surface area contributed by atoms with Gasteiger partial charge < -0.3 is 4.74 Å². The van der Waals surface area contributed by atoms with Crippen molar-refractivity contribution in [1.29, 1.82) is 0 Å². The van der Waals surface area contributed by atoms with Crippen LogP contribution in [0.15, 0.2) is 24.4 Å². The lowest BCUT2D eigenvalue weighted by Crippen LogP contribution is -1.99. The van der Waals surface area contributed by atoms with Gasteiger partial charge in [0.2, 0.25) is 0 Å². The monoisotopic (exact) mass is 326 g/mol. The molecule has 7 heteroatoms. The first-order chi connectivity index (χ1) is 10.0. The molecule has 108 valence electrons. The van der Waals surface area contributed by atoms with Crippen LogP contribution in [0.25, 0.3) is 10.3 Å². The fourth-order valence-corrected chi connectivity index (χ4v) is 2.74. The summed E-state index contributed by atoms with van der Waals surface area (Å²) in [4.78, 5) is 9.18. The second-order valence-electron chi connectivity index (χ2n) is 4.36. The molecule has 0 aliphatic rings. The number of nitrogens with zero attached hydrogens (tertiary/aromatic N) is 2. The quantitative estimate of drug-likeness (QED) is 0.710. The van der Waals surface area contributed by atoms with E-state index in [1.807, 2.05) is 0 Å². The zero-order chi connectivity index (χ0) is 15.0. The summed E-state index contributed by atoms with van der Waals surface area (Å²) in [6.45, 7) is 1.45. The number of aromatic nitrogens is 2. The van der Waals surface area contributed by atoms with E-state index in [1.54, 1.807) is 6.07 Å². The van der Waals surface area contributed by atoms with Gasteiger partial charge in [-0.3, -0.25) is 0 Å². The maximum atomic E-state index is 13.8. The van der Waals surface area contributed by atoms with Crippen molar-refractivity contribution in [3.63, 3.8) is 0 Å². The van der Waals surface area contributed by atoms with Crippen molar-refractivity contribution in [2.45, 2.75) is 13.5 Å². The van der Waals surface area contributed by atoms with Gasteiger partial charge in [0.15, 0.2) is 11.6 Å². The molecule has 0 saturated carbocycles. The first-order valence-corrected chi connectivity index (χ1v) is 7.22. The van der Waals surface area contributed by atoms with Gasteiger partial charge >= 0.3 is 0 Å². The van der Waals surface area contributed by atoms with Gasteiger partial charge in [-0.1, -0.05) is 22.9 Å². The van der Waals surface area contributed by atoms with Crippen molar-refractivity contribution in [3.05, 3.63) is 51.6 Å². The predicted octanol–water partition coefficient (Wildman–Crippen LogP) is 4.51. The smallest absolute Gasteiger partial charge is 0.170 e. The Balaban J connectivity index is 1.82. The molecule has 0 radical (unpaired) electrons. The highest BCUT2D eigenvalue weighted by molar-refractivity contribution is 7.18. The van der Waals surface area contributed by atoms with Crippen LogP contribution < -0.4 is 4.74 Å². The van der Waals surface area contributed by atoms with E-state index in [1.165, 1.54) is 36.6 Å². The lowest BCUT2D eigenvalue weighted by atomic mass is 10.2. The van der Waals surface area contributed by atoms with Crippen molar-refractivity contribution >= 4 is 33.3 Å². The second-order valence-corrected chi connectivity index (χ2v) is 5.86. The van der Waals surface area contributed by atoms with Gasteiger partial charge in [-0.15, -0.1) is 0 Å². The number of pyridine rings is 1. The number of rotatable bonds is 3. The third kappa shape index (κ3) is 2.82.